The van der Waals surface area contributed by atoms with Crippen molar-refractivity contribution in [1.82, 2.24) is 5.32 Å². The number of carboxylic acid groups (broad SMARTS) is 1. The molecule has 0 spiro atoms. The molecule has 13 heavy (non-hydrogen) atoms. The third-order valence-corrected chi connectivity index (χ3v) is 1.62. The molecule has 0 unspecified atom stereocenters. The molecule has 0 saturated heterocycles. The van der Waals surface area contributed by atoms with Crippen molar-refractivity contribution >= 4 is 11.9 Å². The van der Waals surface area contributed by atoms with Crippen LogP contribution in [0.5, 0.6) is 0 Å². The number of hydrogen-bond donors (Lipinski definition) is 3. The molecule has 0 fully saturated rings. The van der Waals surface area contributed by atoms with Crippen LogP contribution in [0, 0.1) is 0 Å². The summed E-state index contributed by atoms with van der Waals surface area (Å²) < 4.78 is 0. The van der Waals surface area contributed by atoms with E-state index in [4.69, 9.17) is 10.8 Å². The molecule has 1 atom stereocenters. The molecule has 0 radical (unpaired) electrons. The van der Waals surface area contributed by atoms with Crippen molar-refractivity contribution in [3.8, 4) is 0 Å². The van der Waals surface area contributed by atoms with Gasteiger partial charge >= 0.3 is 5.97 Å². The molecule has 0 heterocycles. The molecule has 0 aromatic heterocycles. The molecule has 0 saturated carbocycles. The van der Waals surface area contributed by atoms with Crippen LogP contribution in [0.4, 0.5) is 0 Å². The Balaban J connectivity index is 3.63. The summed E-state index contributed by atoms with van der Waals surface area (Å²) in [4.78, 5) is 21.1. The van der Waals surface area contributed by atoms with Gasteiger partial charge in [0.1, 0.15) is 6.54 Å². The number of nitrogens with two attached hydrogens (primary N) is 1. The van der Waals surface area contributed by atoms with E-state index in [2.05, 4.69) is 5.32 Å². The lowest BCUT2D eigenvalue weighted by Gasteiger charge is -2.09. The Morgan fingerprint density at radius 2 is 2.15 bits per heavy atom. The molecule has 0 aliphatic rings. The predicted molar refractivity (Wildman–Crippen MR) is 48.1 cm³/mol. The maximum absolute atomic E-state index is 11.1. The lowest BCUT2D eigenvalue weighted by Crippen LogP contribution is -2.42. The molecule has 4 N–H and O–H groups in total. The van der Waals surface area contributed by atoms with Crippen LogP contribution in [-0.4, -0.2) is 29.6 Å². The zero-order valence-corrected chi connectivity index (χ0v) is 7.75. The van der Waals surface area contributed by atoms with Gasteiger partial charge in [0.15, 0.2) is 0 Å². The lowest BCUT2D eigenvalue weighted by atomic mass is 10.1. The van der Waals surface area contributed by atoms with Gasteiger partial charge < -0.3 is 16.2 Å². The van der Waals surface area contributed by atoms with E-state index in [0.29, 0.717) is 6.42 Å². The second kappa shape index (κ2) is 6.42. The summed E-state index contributed by atoms with van der Waals surface area (Å²) in [5.41, 5.74) is 5.48. The van der Waals surface area contributed by atoms with Crippen molar-refractivity contribution in [3.63, 3.8) is 0 Å². The molecule has 0 aliphatic carbocycles. The van der Waals surface area contributed by atoms with Gasteiger partial charge in [0.25, 0.3) is 0 Å². The van der Waals surface area contributed by atoms with Crippen molar-refractivity contribution in [2.45, 2.75) is 32.2 Å². The smallest absolute Gasteiger partial charge is 0.322 e. The third-order valence-electron chi connectivity index (χ3n) is 1.62. The largest absolute Gasteiger partial charge is 0.480 e. The second-order valence-corrected chi connectivity index (χ2v) is 2.86. The molecule has 0 aromatic rings. The van der Waals surface area contributed by atoms with Crippen LogP contribution in [-0.2, 0) is 9.59 Å². The molecular weight excluding hydrogens is 172 g/mol. The molecule has 5 nitrogen and oxygen atoms in total. The van der Waals surface area contributed by atoms with Crippen molar-refractivity contribution in [2.75, 3.05) is 6.54 Å². The van der Waals surface area contributed by atoms with Crippen molar-refractivity contribution in [2.24, 2.45) is 5.73 Å². The monoisotopic (exact) mass is 188 g/mol. The van der Waals surface area contributed by atoms with Gasteiger partial charge in [0.2, 0.25) is 5.91 Å². The van der Waals surface area contributed by atoms with Crippen LogP contribution in [0.2, 0.25) is 0 Å². The first-order valence-electron chi connectivity index (χ1n) is 4.33. The van der Waals surface area contributed by atoms with Gasteiger partial charge in [-0.1, -0.05) is 19.8 Å². The molecule has 0 rings (SSSR count). The molecular formula is C8H16N2O3. The van der Waals surface area contributed by atoms with Crippen molar-refractivity contribution in [3.05, 3.63) is 0 Å². The fourth-order valence-electron chi connectivity index (χ4n) is 0.849. The van der Waals surface area contributed by atoms with E-state index in [-0.39, 0.29) is 6.54 Å². The summed E-state index contributed by atoms with van der Waals surface area (Å²) >= 11 is 0. The Morgan fingerprint density at radius 3 is 2.62 bits per heavy atom. The van der Waals surface area contributed by atoms with Crippen LogP contribution in [0.25, 0.3) is 0 Å². The van der Waals surface area contributed by atoms with Gasteiger partial charge in [-0.2, -0.15) is 0 Å². The topological polar surface area (TPSA) is 92.4 Å². The minimum atomic E-state index is -1.06. The van der Waals surface area contributed by atoms with E-state index in [1.807, 2.05) is 6.92 Å². The van der Waals surface area contributed by atoms with Gasteiger partial charge in [-0.05, 0) is 6.42 Å². The molecule has 5 heteroatoms. The first-order chi connectivity index (χ1) is 6.07. The fraction of sp³-hybridized carbons (Fsp3) is 0.750. The number of aliphatic carboxylic acids is 1. The quantitative estimate of drug-likeness (QED) is 0.533. The number of carbonyl (C=O) groups is 2. The standard InChI is InChI=1S/C8H16N2O3/c1-2-3-4-6(9)8(13)10-5-7(11)12/h6H,2-5,9H2,1H3,(H,10,13)(H,11,12)/t6-/m1/s1. The van der Waals surface area contributed by atoms with E-state index >= 15 is 0 Å². The van der Waals surface area contributed by atoms with E-state index in [9.17, 15) is 9.59 Å². The van der Waals surface area contributed by atoms with Gasteiger partial charge in [0, 0.05) is 0 Å². The van der Waals surface area contributed by atoms with E-state index in [1.54, 1.807) is 0 Å². The average Bonchev–Trinajstić information content (AvgIpc) is 2.10. The molecule has 0 bridgehead atoms. The Hall–Kier alpha value is -1.10. The van der Waals surface area contributed by atoms with Gasteiger partial charge in [0.05, 0.1) is 6.04 Å². The maximum atomic E-state index is 11.1. The minimum Gasteiger partial charge on any atom is -0.480 e. The van der Waals surface area contributed by atoms with E-state index < -0.39 is 17.9 Å². The number of nitrogens with one attached hydrogen (secondary N) is 1. The summed E-state index contributed by atoms with van der Waals surface area (Å²) in [6.07, 6.45) is 2.45. The summed E-state index contributed by atoms with van der Waals surface area (Å²) in [6, 6.07) is -0.584. The normalized spacial score (nSPS) is 12.2. The molecule has 76 valence electrons. The zero-order valence-electron chi connectivity index (χ0n) is 7.75. The third kappa shape index (κ3) is 6.10. The minimum absolute atomic E-state index is 0.362. The predicted octanol–water partition coefficient (Wildman–Crippen LogP) is -0.295. The number of carbonyl (C=O) groups excluding carboxylic acids is 1. The van der Waals surface area contributed by atoms with Crippen LogP contribution in [0.1, 0.15) is 26.2 Å². The number of amides is 1. The Morgan fingerprint density at radius 1 is 1.54 bits per heavy atom. The lowest BCUT2D eigenvalue weighted by molar-refractivity contribution is -0.138. The summed E-state index contributed by atoms with van der Waals surface area (Å²) in [5.74, 6) is -1.45. The highest BCUT2D eigenvalue weighted by molar-refractivity contribution is 5.84. The molecule has 0 aromatic carbocycles. The Labute approximate surface area is 77.3 Å². The highest BCUT2D eigenvalue weighted by atomic mass is 16.4. The molecule has 1 amide bonds. The number of rotatable bonds is 6. The maximum Gasteiger partial charge on any atom is 0.322 e. The van der Waals surface area contributed by atoms with Gasteiger partial charge in [-0.3, -0.25) is 9.59 Å². The number of hydrogen-bond acceptors (Lipinski definition) is 3. The summed E-state index contributed by atoms with van der Waals surface area (Å²) in [5, 5.41) is 10.5. The van der Waals surface area contributed by atoms with Crippen molar-refractivity contribution in [1.29, 1.82) is 0 Å². The highest BCUT2D eigenvalue weighted by Gasteiger charge is 2.12. The van der Waals surface area contributed by atoms with Crippen LogP contribution >= 0.6 is 0 Å². The molecule has 0 aliphatic heterocycles. The summed E-state index contributed by atoms with van der Waals surface area (Å²) in [6.45, 7) is 1.64. The van der Waals surface area contributed by atoms with E-state index in [1.165, 1.54) is 0 Å². The zero-order chi connectivity index (χ0) is 10.3. The Kier molecular flexibility index (Phi) is 5.88. The Bertz CT molecular complexity index is 182. The fourth-order valence-corrected chi connectivity index (χ4v) is 0.849. The first-order valence-corrected chi connectivity index (χ1v) is 4.33. The van der Waals surface area contributed by atoms with Crippen molar-refractivity contribution < 1.29 is 14.7 Å². The SMILES string of the molecule is CCCC[C@@H](N)C(=O)NCC(=O)O. The van der Waals surface area contributed by atoms with Gasteiger partial charge in [-0.15, -0.1) is 0 Å². The number of unbranched alkanes of at least 4 members (excludes halogenated alkanes) is 1. The van der Waals surface area contributed by atoms with Crippen LogP contribution < -0.4 is 11.1 Å². The van der Waals surface area contributed by atoms with Crippen LogP contribution in [0.15, 0.2) is 0 Å². The summed E-state index contributed by atoms with van der Waals surface area (Å²) in [7, 11) is 0. The van der Waals surface area contributed by atoms with Gasteiger partial charge in [-0.25, -0.2) is 0 Å². The van der Waals surface area contributed by atoms with E-state index in [0.717, 1.165) is 12.8 Å². The average molecular weight is 188 g/mol. The first kappa shape index (κ1) is 11.9. The second-order valence-electron chi connectivity index (χ2n) is 2.86. The highest BCUT2D eigenvalue weighted by Crippen LogP contribution is 1.97. The number of carboxylic acids is 1. The van der Waals surface area contributed by atoms with Crippen LogP contribution in [0.3, 0.4) is 0 Å².